The molecule has 3 saturated carbocycles. The maximum atomic E-state index is 11.2. The van der Waals surface area contributed by atoms with Gasteiger partial charge in [-0.05, 0) is 50.4 Å². The Bertz CT molecular complexity index is 273. The van der Waals surface area contributed by atoms with Gasteiger partial charge < -0.3 is 4.74 Å². The number of hydrogen-bond donors (Lipinski definition) is 0. The molecule has 0 spiro atoms. The van der Waals surface area contributed by atoms with Crippen molar-refractivity contribution in [2.75, 3.05) is 0 Å². The van der Waals surface area contributed by atoms with E-state index in [1.165, 1.54) is 32.1 Å². The molecule has 3 aliphatic carbocycles. The van der Waals surface area contributed by atoms with E-state index in [4.69, 9.17) is 4.74 Å². The first-order valence-corrected chi connectivity index (χ1v) is 5.92. The average molecular weight is 194 g/mol. The summed E-state index contributed by atoms with van der Waals surface area (Å²) in [4.78, 5) is 11.2. The minimum absolute atomic E-state index is 0.00521. The minimum atomic E-state index is -0.0653. The van der Waals surface area contributed by atoms with E-state index in [1.54, 1.807) is 6.92 Å². The van der Waals surface area contributed by atoms with Crippen LogP contribution >= 0.6 is 0 Å². The molecule has 14 heavy (non-hydrogen) atoms. The summed E-state index contributed by atoms with van der Waals surface area (Å²) in [6, 6.07) is 0. The average Bonchev–Trinajstić information content (AvgIpc) is 2.69. The molecule has 0 radical (unpaired) electrons. The third kappa shape index (κ3) is 0.945. The van der Waals surface area contributed by atoms with Gasteiger partial charge in [0.25, 0.3) is 0 Å². The van der Waals surface area contributed by atoms with E-state index in [2.05, 4.69) is 0 Å². The van der Waals surface area contributed by atoms with E-state index in [-0.39, 0.29) is 11.6 Å². The second-order valence-electron chi connectivity index (χ2n) is 5.32. The first kappa shape index (κ1) is 8.75. The second kappa shape index (κ2) is 2.74. The highest BCUT2D eigenvalue weighted by Gasteiger charge is 2.62. The van der Waals surface area contributed by atoms with E-state index >= 15 is 0 Å². The van der Waals surface area contributed by atoms with Crippen molar-refractivity contribution >= 4 is 5.97 Å². The van der Waals surface area contributed by atoms with Crippen LogP contribution in [0, 0.1) is 17.8 Å². The summed E-state index contributed by atoms with van der Waals surface area (Å²) in [7, 11) is 0. The molecule has 2 bridgehead atoms. The standard InChI is InChI=1S/C12H18O2/c1-8(13)14-12-6-2-3-11(12)9-4-5-10(12)7-9/h9-11H,2-7H2,1H3. The van der Waals surface area contributed by atoms with E-state index in [1.807, 2.05) is 0 Å². The highest BCUT2D eigenvalue weighted by atomic mass is 16.6. The molecule has 0 N–H and O–H groups in total. The molecule has 3 fully saturated rings. The minimum Gasteiger partial charge on any atom is -0.459 e. The summed E-state index contributed by atoms with van der Waals surface area (Å²) < 4.78 is 5.72. The Morgan fingerprint density at radius 2 is 2.21 bits per heavy atom. The SMILES string of the molecule is CC(=O)OC12CCCC1C1CCC2C1. The zero-order valence-electron chi connectivity index (χ0n) is 8.79. The van der Waals surface area contributed by atoms with Crippen LogP contribution in [0.5, 0.6) is 0 Å². The molecular weight excluding hydrogens is 176 g/mol. The van der Waals surface area contributed by atoms with Gasteiger partial charge in [-0.1, -0.05) is 0 Å². The van der Waals surface area contributed by atoms with Crippen LogP contribution in [-0.4, -0.2) is 11.6 Å². The van der Waals surface area contributed by atoms with Gasteiger partial charge in [0.15, 0.2) is 0 Å². The van der Waals surface area contributed by atoms with Crippen LogP contribution < -0.4 is 0 Å². The third-order valence-corrected chi connectivity index (χ3v) is 4.78. The van der Waals surface area contributed by atoms with Crippen LogP contribution in [0.1, 0.15) is 45.4 Å². The number of rotatable bonds is 1. The number of fused-ring (bicyclic) bond motifs is 5. The lowest BCUT2D eigenvalue weighted by Crippen LogP contribution is -2.43. The maximum absolute atomic E-state index is 11.2. The molecule has 2 nitrogen and oxygen atoms in total. The first-order valence-electron chi connectivity index (χ1n) is 5.92. The van der Waals surface area contributed by atoms with E-state index in [9.17, 15) is 4.79 Å². The van der Waals surface area contributed by atoms with Gasteiger partial charge in [0, 0.05) is 12.8 Å². The number of carbonyl (C=O) groups is 1. The van der Waals surface area contributed by atoms with Crippen LogP contribution in [0.2, 0.25) is 0 Å². The van der Waals surface area contributed by atoms with Gasteiger partial charge in [-0.3, -0.25) is 4.79 Å². The number of carbonyl (C=O) groups excluding carboxylic acids is 1. The summed E-state index contributed by atoms with van der Waals surface area (Å²) in [5, 5.41) is 0. The lowest BCUT2D eigenvalue weighted by Gasteiger charge is -2.38. The molecule has 3 rings (SSSR count). The predicted molar refractivity (Wildman–Crippen MR) is 52.7 cm³/mol. The largest absolute Gasteiger partial charge is 0.459 e. The van der Waals surface area contributed by atoms with Crippen molar-refractivity contribution in [3.05, 3.63) is 0 Å². The van der Waals surface area contributed by atoms with Gasteiger partial charge in [-0.25, -0.2) is 0 Å². The third-order valence-electron chi connectivity index (χ3n) is 4.78. The summed E-state index contributed by atoms with van der Waals surface area (Å²) in [6.07, 6.45) is 7.72. The summed E-state index contributed by atoms with van der Waals surface area (Å²) in [5.41, 5.74) is -0.00521. The summed E-state index contributed by atoms with van der Waals surface area (Å²) in [5.74, 6) is 2.22. The quantitative estimate of drug-likeness (QED) is 0.599. The Kier molecular flexibility index (Phi) is 1.71. The molecule has 0 heterocycles. The monoisotopic (exact) mass is 194 g/mol. The van der Waals surface area contributed by atoms with Crippen molar-refractivity contribution in [3.63, 3.8) is 0 Å². The Hall–Kier alpha value is -0.530. The van der Waals surface area contributed by atoms with E-state index < -0.39 is 0 Å². The molecule has 4 atom stereocenters. The van der Waals surface area contributed by atoms with Gasteiger partial charge >= 0.3 is 5.97 Å². The van der Waals surface area contributed by atoms with Crippen LogP contribution in [0.15, 0.2) is 0 Å². The molecule has 3 aliphatic rings. The first-order chi connectivity index (χ1) is 6.72. The fraction of sp³-hybridized carbons (Fsp3) is 0.917. The molecule has 78 valence electrons. The number of hydrogen-bond acceptors (Lipinski definition) is 2. The molecule has 4 unspecified atom stereocenters. The zero-order chi connectivity index (χ0) is 9.76. The molecule has 0 saturated heterocycles. The van der Waals surface area contributed by atoms with E-state index in [0.717, 1.165) is 12.3 Å². The Balaban J connectivity index is 1.91. The second-order valence-corrected chi connectivity index (χ2v) is 5.32. The van der Waals surface area contributed by atoms with Crippen molar-refractivity contribution in [3.8, 4) is 0 Å². The normalized spacial score (nSPS) is 49.4. The smallest absolute Gasteiger partial charge is 0.303 e. The highest BCUT2D eigenvalue weighted by Crippen LogP contribution is 2.62. The van der Waals surface area contributed by atoms with Crippen molar-refractivity contribution in [1.29, 1.82) is 0 Å². The van der Waals surface area contributed by atoms with Gasteiger partial charge in [0.05, 0.1) is 0 Å². The van der Waals surface area contributed by atoms with Crippen molar-refractivity contribution in [2.45, 2.75) is 51.0 Å². The molecule has 0 aromatic carbocycles. The lowest BCUT2D eigenvalue weighted by atomic mass is 9.77. The molecule has 0 aliphatic heterocycles. The van der Waals surface area contributed by atoms with Crippen molar-refractivity contribution in [1.82, 2.24) is 0 Å². The van der Waals surface area contributed by atoms with E-state index in [0.29, 0.717) is 11.8 Å². The molecule has 0 aromatic rings. The lowest BCUT2D eigenvalue weighted by molar-refractivity contribution is -0.167. The Morgan fingerprint density at radius 1 is 1.36 bits per heavy atom. The Morgan fingerprint density at radius 3 is 3.00 bits per heavy atom. The molecule has 2 heteroatoms. The fourth-order valence-corrected chi connectivity index (χ4v) is 4.47. The maximum Gasteiger partial charge on any atom is 0.303 e. The Labute approximate surface area is 85.0 Å². The zero-order valence-corrected chi connectivity index (χ0v) is 8.79. The van der Waals surface area contributed by atoms with Crippen LogP contribution in [-0.2, 0) is 9.53 Å². The molecular formula is C12H18O2. The van der Waals surface area contributed by atoms with Crippen molar-refractivity contribution in [2.24, 2.45) is 17.8 Å². The van der Waals surface area contributed by atoms with Crippen LogP contribution in [0.25, 0.3) is 0 Å². The highest BCUT2D eigenvalue weighted by molar-refractivity contribution is 5.66. The fourth-order valence-electron chi connectivity index (χ4n) is 4.47. The molecule has 0 amide bonds. The number of esters is 1. The topological polar surface area (TPSA) is 26.3 Å². The summed E-state index contributed by atoms with van der Waals surface area (Å²) >= 11 is 0. The van der Waals surface area contributed by atoms with Crippen molar-refractivity contribution < 1.29 is 9.53 Å². The van der Waals surface area contributed by atoms with Gasteiger partial charge in [-0.15, -0.1) is 0 Å². The van der Waals surface area contributed by atoms with Crippen LogP contribution in [0.3, 0.4) is 0 Å². The van der Waals surface area contributed by atoms with Gasteiger partial charge in [0.2, 0.25) is 0 Å². The predicted octanol–water partition coefficient (Wildman–Crippen LogP) is 2.52. The summed E-state index contributed by atoms with van der Waals surface area (Å²) in [6.45, 7) is 1.57. The number of ether oxygens (including phenoxy) is 1. The van der Waals surface area contributed by atoms with Gasteiger partial charge in [0.1, 0.15) is 5.60 Å². The van der Waals surface area contributed by atoms with Crippen LogP contribution in [0.4, 0.5) is 0 Å². The van der Waals surface area contributed by atoms with Gasteiger partial charge in [-0.2, -0.15) is 0 Å². The molecule has 0 aromatic heterocycles.